The highest BCUT2D eigenvalue weighted by Crippen LogP contribution is 2.24. The SMILES string of the molecule is CC(C)S(=O)(=O)c1ccc(-c2cncc(-c3nnc(C(=O)N4CC(N)C4)o3)n2)cc1. The monoisotopic (exact) mass is 428 g/mol. The number of carbonyl (C=O) groups is 1. The molecule has 1 aromatic carbocycles. The minimum Gasteiger partial charge on any atom is -0.411 e. The number of rotatable bonds is 5. The molecule has 4 rings (SSSR count). The molecule has 10 nitrogen and oxygen atoms in total. The van der Waals surface area contributed by atoms with E-state index in [1.165, 1.54) is 11.1 Å². The Hall–Kier alpha value is -3.18. The van der Waals surface area contributed by atoms with Crippen molar-refractivity contribution in [2.24, 2.45) is 5.73 Å². The van der Waals surface area contributed by atoms with Crippen molar-refractivity contribution in [3.63, 3.8) is 0 Å². The standard InChI is InChI=1S/C19H20N6O4S/c1-11(2)30(27,28)14-5-3-12(4-6-14)15-7-21-8-16(22-15)17-23-24-18(29-17)19(26)25-9-13(20)10-25/h3-8,11,13H,9-10,20H2,1-2H3. The van der Waals surface area contributed by atoms with Crippen LogP contribution in [0.15, 0.2) is 46.0 Å². The van der Waals surface area contributed by atoms with Crippen LogP contribution in [0.2, 0.25) is 0 Å². The maximum Gasteiger partial charge on any atom is 0.311 e. The van der Waals surface area contributed by atoms with Crippen molar-refractivity contribution in [1.82, 2.24) is 25.1 Å². The van der Waals surface area contributed by atoms with Crippen LogP contribution in [0.4, 0.5) is 0 Å². The van der Waals surface area contributed by atoms with Gasteiger partial charge in [0.15, 0.2) is 9.84 Å². The van der Waals surface area contributed by atoms with Crippen molar-refractivity contribution in [2.45, 2.75) is 30.0 Å². The van der Waals surface area contributed by atoms with Gasteiger partial charge in [-0.3, -0.25) is 9.78 Å². The Morgan fingerprint density at radius 2 is 1.80 bits per heavy atom. The highest BCUT2D eigenvalue weighted by molar-refractivity contribution is 7.92. The summed E-state index contributed by atoms with van der Waals surface area (Å²) >= 11 is 0. The molecule has 30 heavy (non-hydrogen) atoms. The lowest BCUT2D eigenvalue weighted by atomic mass is 10.1. The molecule has 2 aromatic heterocycles. The predicted octanol–water partition coefficient (Wildman–Crippen LogP) is 1.16. The van der Waals surface area contributed by atoms with Crippen molar-refractivity contribution in [2.75, 3.05) is 13.1 Å². The fourth-order valence-electron chi connectivity index (χ4n) is 2.92. The van der Waals surface area contributed by atoms with E-state index in [1.54, 1.807) is 44.3 Å². The van der Waals surface area contributed by atoms with E-state index in [0.29, 0.717) is 30.0 Å². The van der Waals surface area contributed by atoms with Gasteiger partial charge >= 0.3 is 11.8 Å². The molecule has 0 spiro atoms. The molecule has 3 heterocycles. The average molecular weight is 428 g/mol. The number of aromatic nitrogens is 4. The normalized spacial score (nSPS) is 14.7. The van der Waals surface area contributed by atoms with Gasteiger partial charge in [-0.2, -0.15) is 0 Å². The minimum atomic E-state index is -3.35. The van der Waals surface area contributed by atoms with Crippen LogP contribution in [0.5, 0.6) is 0 Å². The molecule has 1 saturated heterocycles. The summed E-state index contributed by atoms with van der Waals surface area (Å²) in [6.07, 6.45) is 2.99. The summed E-state index contributed by atoms with van der Waals surface area (Å²) in [6.45, 7) is 4.18. The fraction of sp³-hybridized carbons (Fsp3) is 0.316. The number of hydrogen-bond acceptors (Lipinski definition) is 9. The maximum atomic E-state index is 12.3. The summed E-state index contributed by atoms with van der Waals surface area (Å²) in [5.41, 5.74) is 7.17. The largest absolute Gasteiger partial charge is 0.411 e. The van der Waals surface area contributed by atoms with E-state index < -0.39 is 15.1 Å². The van der Waals surface area contributed by atoms with Crippen molar-refractivity contribution in [1.29, 1.82) is 0 Å². The number of sulfone groups is 1. The summed E-state index contributed by atoms with van der Waals surface area (Å²) in [4.78, 5) is 22.6. The van der Waals surface area contributed by atoms with E-state index >= 15 is 0 Å². The second-order valence-electron chi connectivity index (χ2n) is 7.29. The van der Waals surface area contributed by atoms with Gasteiger partial charge < -0.3 is 15.1 Å². The van der Waals surface area contributed by atoms with Gasteiger partial charge in [-0.05, 0) is 26.0 Å². The number of nitrogens with two attached hydrogens (primary N) is 1. The zero-order valence-electron chi connectivity index (χ0n) is 16.4. The van der Waals surface area contributed by atoms with Gasteiger partial charge in [-0.15, -0.1) is 10.2 Å². The van der Waals surface area contributed by atoms with Gasteiger partial charge in [0.25, 0.3) is 5.89 Å². The molecule has 0 radical (unpaired) electrons. The van der Waals surface area contributed by atoms with Crippen LogP contribution >= 0.6 is 0 Å². The van der Waals surface area contributed by atoms with Crippen molar-refractivity contribution in [3.05, 3.63) is 42.5 Å². The Labute approximate surface area is 173 Å². The first-order valence-corrected chi connectivity index (χ1v) is 10.9. The molecule has 0 aliphatic carbocycles. The van der Waals surface area contributed by atoms with Crippen LogP contribution in [-0.2, 0) is 9.84 Å². The quantitative estimate of drug-likeness (QED) is 0.632. The Bertz CT molecular complexity index is 1180. The lowest BCUT2D eigenvalue weighted by molar-refractivity contribution is 0.0567. The topological polar surface area (TPSA) is 145 Å². The highest BCUT2D eigenvalue weighted by atomic mass is 32.2. The molecule has 0 bridgehead atoms. The van der Waals surface area contributed by atoms with E-state index in [-0.39, 0.29) is 28.6 Å². The molecular formula is C19H20N6O4S. The average Bonchev–Trinajstić information content (AvgIpc) is 3.21. The summed E-state index contributed by atoms with van der Waals surface area (Å²) in [5, 5.41) is 7.18. The third-order valence-corrected chi connectivity index (χ3v) is 6.93. The van der Waals surface area contributed by atoms with Crippen molar-refractivity contribution < 1.29 is 17.6 Å². The molecule has 1 aliphatic rings. The van der Waals surface area contributed by atoms with Gasteiger partial charge in [-0.25, -0.2) is 13.4 Å². The number of hydrogen-bond donors (Lipinski definition) is 1. The molecule has 3 aromatic rings. The Morgan fingerprint density at radius 1 is 1.13 bits per heavy atom. The Morgan fingerprint density at radius 3 is 2.43 bits per heavy atom. The number of carbonyl (C=O) groups excluding carboxylic acids is 1. The predicted molar refractivity (Wildman–Crippen MR) is 107 cm³/mol. The highest BCUT2D eigenvalue weighted by Gasteiger charge is 2.31. The second kappa shape index (κ2) is 7.58. The summed E-state index contributed by atoms with van der Waals surface area (Å²) in [6, 6.07) is 6.39. The number of amides is 1. The van der Waals surface area contributed by atoms with Crippen LogP contribution in [0.3, 0.4) is 0 Å². The first kappa shape index (κ1) is 20.1. The Kier molecular flexibility index (Phi) is 5.08. The summed E-state index contributed by atoms with van der Waals surface area (Å²) in [7, 11) is -3.35. The fourth-order valence-corrected chi connectivity index (χ4v) is 3.98. The van der Waals surface area contributed by atoms with Crippen LogP contribution in [-0.4, -0.2) is 63.8 Å². The van der Waals surface area contributed by atoms with E-state index in [0.717, 1.165) is 0 Å². The zero-order valence-corrected chi connectivity index (χ0v) is 17.2. The number of benzene rings is 1. The van der Waals surface area contributed by atoms with Crippen LogP contribution in [0.1, 0.15) is 24.5 Å². The third kappa shape index (κ3) is 3.68. The number of likely N-dealkylation sites (tertiary alicyclic amines) is 1. The first-order chi connectivity index (χ1) is 14.3. The lowest BCUT2D eigenvalue weighted by Crippen LogP contribution is -2.57. The second-order valence-corrected chi connectivity index (χ2v) is 9.79. The van der Waals surface area contributed by atoms with E-state index in [1.807, 2.05) is 0 Å². The zero-order chi connectivity index (χ0) is 21.5. The van der Waals surface area contributed by atoms with Gasteiger partial charge in [-0.1, -0.05) is 12.1 Å². The van der Waals surface area contributed by atoms with Gasteiger partial charge in [0, 0.05) is 24.7 Å². The molecule has 0 unspecified atom stereocenters. The van der Waals surface area contributed by atoms with E-state index in [9.17, 15) is 13.2 Å². The maximum absolute atomic E-state index is 12.3. The summed E-state index contributed by atoms with van der Waals surface area (Å²) in [5.74, 6) is -0.439. The van der Waals surface area contributed by atoms with Gasteiger partial charge in [0.1, 0.15) is 5.69 Å². The molecule has 11 heteroatoms. The molecule has 2 N–H and O–H groups in total. The van der Waals surface area contributed by atoms with Crippen molar-refractivity contribution in [3.8, 4) is 22.8 Å². The third-order valence-electron chi connectivity index (χ3n) is 4.76. The summed E-state index contributed by atoms with van der Waals surface area (Å²) < 4.78 is 30.0. The molecule has 0 atom stereocenters. The van der Waals surface area contributed by atoms with Crippen LogP contribution in [0.25, 0.3) is 22.8 Å². The molecule has 156 valence electrons. The van der Waals surface area contributed by atoms with Gasteiger partial charge in [0.2, 0.25) is 0 Å². The molecule has 1 fully saturated rings. The van der Waals surface area contributed by atoms with Crippen molar-refractivity contribution >= 4 is 15.7 Å². The van der Waals surface area contributed by atoms with Crippen LogP contribution in [0, 0.1) is 0 Å². The van der Waals surface area contributed by atoms with E-state index in [2.05, 4.69) is 20.2 Å². The van der Waals surface area contributed by atoms with E-state index in [4.69, 9.17) is 10.2 Å². The van der Waals surface area contributed by atoms with Gasteiger partial charge in [0.05, 0.1) is 28.2 Å². The molecular weight excluding hydrogens is 408 g/mol. The molecule has 0 saturated carbocycles. The molecule has 1 aliphatic heterocycles. The number of nitrogens with zero attached hydrogens (tertiary/aromatic N) is 5. The smallest absolute Gasteiger partial charge is 0.311 e. The van der Waals surface area contributed by atoms with Crippen LogP contribution < -0.4 is 5.73 Å². The lowest BCUT2D eigenvalue weighted by Gasteiger charge is -2.35. The Balaban J connectivity index is 1.57. The minimum absolute atomic E-state index is 0.0270. The molecule has 1 amide bonds. The first-order valence-electron chi connectivity index (χ1n) is 9.31.